The molecule has 2 atom stereocenters. The van der Waals surface area contributed by atoms with Gasteiger partial charge >= 0.3 is 6.18 Å². The molecule has 1 aromatic carbocycles. The molecule has 1 saturated heterocycles. The molecule has 0 spiro atoms. The number of hydrogen-bond acceptors (Lipinski definition) is 9. The van der Waals surface area contributed by atoms with Gasteiger partial charge in [0, 0.05) is 24.8 Å². The third-order valence-corrected chi connectivity index (χ3v) is 9.25. The van der Waals surface area contributed by atoms with Crippen LogP contribution in [0.4, 0.5) is 24.5 Å². The zero-order valence-corrected chi connectivity index (χ0v) is 27.3. The van der Waals surface area contributed by atoms with Crippen molar-refractivity contribution < 1.29 is 27.9 Å². The van der Waals surface area contributed by atoms with E-state index in [2.05, 4.69) is 41.2 Å². The lowest BCUT2D eigenvalue weighted by Gasteiger charge is -2.54. The van der Waals surface area contributed by atoms with Gasteiger partial charge in [-0.25, -0.2) is 19.9 Å². The number of rotatable bonds is 6. The van der Waals surface area contributed by atoms with Gasteiger partial charge in [0.1, 0.15) is 23.2 Å². The molecule has 47 heavy (non-hydrogen) atoms. The van der Waals surface area contributed by atoms with Gasteiger partial charge in [0.2, 0.25) is 11.3 Å². The molecule has 2 N–H and O–H groups in total. The Hall–Kier alpha value is -4.31. The highest BCUT2D eigenvalue weighted by molar-refractivity contribution is 9.10. The van der Waals surface area contributed by atoms with Gasteiger partial charge in [-0.15, -0.1) is 0 Å². The number of aromatic hydroxyl groups is 1. The van der Waals surface area contributed by atoms with E-state index in [1.807, 2.05) is 11.8 Å². The topological polar surface area (TPSA) is 146 Å². The highest BCUT2D eigenvalue weighted by atomic mass is 79.9. The summed E-state index contributed by atoms with van der Waals surface area (Å²) in [5.41, 5.74) is -0.147. The first-order valence-electron chi connectivity index (χ1n) is 14.6. The first-order valence-corrected chi connectivity index (χ1v) is 15.8. The van der Waals surface area contributed by atoms with E-state index in [-0.39, 0.29) is 76.2 Å². The van der Waals surface area contributed by atoms with Gasteiger partial charge in [0.05, 0.1) is 34.2 Å². The molecule has 0 unspecified atom stereocenters. The summed E-state index contributed by atoms with van der Waals surface area (Å²) in [4.78, 5) is 61.3. The van der Waals surface area contributed by atoms with Crippen molar-refractivity contribution >= 4 is 61.9 Å². The summed E-state index contributed by atoms with van der Waals surface area (Å²) >= 11 is 9.36. The molecule has 4 aromatic rings. The molecule has 3 aromatic heterocycles. The van der Waals surface area contributed by atoms with Crippen LogP contribution >= 0.6 is 27.5 Å². The normalized spacial score (nSPS) is 17.8. The minimum Gasteiger partial charge on any atom is -0.504 e. The fourth-order valence-electron chi connectivity index (χ4n) is 6.19. The summed E-state index contributed by atoms with van der Waals surface area (Å²) in [6, 6.07) is 2.13. The second kappa shape index (κ2) is 12.4. The van der Waals surface area contributed by atoms with E-state index in [9.17, 15) is 32.7 Å². The number of nitrogens with one attached hydrogen (secondary N) is 1. The number of pyridine rings is 1. The smallest absolute Gasteiger partial charge is 0.416 e. The van der Waals surface area contributed by atoms with Gasteiger partial charge in [-0.1, -0.05) is 18.5 Å². The number of hydrogen-bond donors (Lipinski definition) is 2. The minimum absolute atomic E-state index is 0.00913. The number of nitrogens with zero attached hydrogens (tertiary/aromatic N) is 7. The van der Waals surface area contributed by atoms with E-state index >= 15 is 0 Å². The van der Waals surface area contributed by atoms with Crippen molar-refractivity contribution in [2.24, 2.45) is 0 Å². The lowest BCUT2D eigenvalue weighted by molar-refractivity contribution is -0.137. The average Bonchev–Trinajstić information content (AvgIpc) is 3.00. The maximum atomic E-state index is 14.1. The Kier molecular flexibility index (Phi) is 8.59. The number of halogens is 5. The van der Waals surface area contributed by atoms with Gasteiger partial charge in [0.25, 0.3) is 5.91 Å². The maximum absolute atomic E-state index is 14.1. The molecule has 4 heterocycles. The van der Waals surface area contributed by atoms with E-state index < -0.39 is 23.6 Å². The number of piperazine rings is 1. The predicted octanol–water partition coefficient (Wildman–Crippen LogP) is 4.72. The van der Waals surface area contributed by atoms with E-state index in [0.29, 0.717) is 35.2 Å². The van der Waals surface area contributed by atoms with Crippen molar-refractivity contribution in [1.82, 2.24) is 29.4 Å². The molecular formula is C30H27BrClF3N8O4. The van der Waals surface area contributed by atoms with Crippen molar-refractivity contribution in [1.29, 1.82) is 0 Å². The van der Waals surface area contributed by atoms with Crippen molar-refractivity contribution in [3.05, 3.63) is 73.2 Å². The number of carbonyl (C=O) groups is 2. The van der Waals surface area contributed by atoms with Gasteiger partial charge in [0.15, 0.2) is 22.6 Å². The van der Waals surface area contributed by atoms with Crippen LogP contribution < -0.4 is 15.6 Å². The molecule has 2 amide bonds. The SMILES string of the molecule is CCc1c(N2CCN(C(=O)c3ncnc(C)c3O)[C@H]3CC[C@@H]32)c(=O)c2nc(Br)cnc2n1CC(=O)Nc1ccc(C(F)(F)F)cc1Cl. The lowest BCUT2D eigenvalue weighted by Crippen LogP contribution is -2.67. The highest BCUT2D eigenvalue weighted by Crippen LogP contribution is 2.39. The number of benzene rings is 1. The van der Waals surface area contributed by atoms with Crippen LogP contribution in [-0.4, -0.2) is 71.5 Å². The van der Waals surface area contributed by atoms with Crippen molar-refractivity contribution in [2.45, 2.75) is 57.9 Å². The largest absolute Gasteiger partial charge is 0.504 e. The molecule has 12 nitrogen and oxygen atoms in total. The Morgan fingerprint density at radius 2 is 1.89 bits per heavy atom. The zero-order chi connectivity index (χ0) is 33.8. The summed E-state index contributed by atoms with van der Waals surface area (Å²) in [6.07, 6.45) is -0.308. The van der Waals surface area contributed by atoms with E-state index in [1.54, 1.807) is 16.4 Å². The zero-order valence-electron chi connectivity index (χ0n) is 25.0. The molecule has 2 aliphatic rings. The Balaban J connectivity index is 1.35. The van der Waals surface area contributed by atoms with Gasteiger partial charge < -0.3 is 24.8 Å². The quantitative estimate of drug-likeness (QED) is 0.287. The standard InChI is InChI=1S/C30H27BrClF3N8O4/c1-3-18-25(41-8-9-42(20-7-6-19(20)41)29(47)24-26(45)14(2)37-13-38-24)27(46)23-28(36-11-21(31)40-23)43(18)12-22(44)39-17-5-4-15(10-16(17)32)30(33,34)35/h4-5,10-11,13,19-20,45H,3,6-9,12H2,1-2H3,(H,39,44)/t19-,20-/m0/s1. The third kappa shape index (κ3) is 5.88. The van der Waals surface area contributed by atoms with Crippen LogP contribution in [0.3, 0.4) is 0 Å². The minimum atomic E-state index is -4.60. The molecule has 1 saturated carbocycles. The fraction of sp³-hybridized carbons (Fsp3) is 0.367. The molecule has 17 heteroatoms. The van der Waals surface area contributed by atoms with Gasteiger partial charge in [-0.3, -0.25) is 14.4 Å². The van der Waals surface area contributed by atoms with Crippen LogP contribution in [0, 0.1) is 6.92 Å². The summed E-state index contributed by atoms with van der Waals surface area (Å²) in [5.74, 6) is -1.32. The van der Waals surface area contributed by atoms with Crippen molar-refractivity contribution in [3.63, 3.8) is 0 Å². The van der Waals surface area contributed by atoms with E-state index in [4.69, 9.17) is 11.6 Å². The number of aryl methyl sites for hydroxylation is 1. The molecular weight excluding hydrogens is 709 g/mol. The number of carbonyl (C=O) groups excluding carboxylic acids is 2. The van der Waals surface area contributed by atoms with Crippen LogP contribution in [0.5, 0.6) is 5.75 Å². The predicted molar refractivity (Wildman–Crippen MR) is 170 cm³/mol. The first-order chi connectivity index (χ1) is 22.3. The third-order valence-electron chi connectivity index (χ3n) is 8.56. The number of alkyl halides is 3. The fourth-order valence-corrected chi connectivity index (χ4v) is 6.70. The van der Waals surface area contributed by atoms with Crippen molar-refractivity contribution in [3.8, 4) is 5.75 Å². The maximum Gasteiger partial charge on any atom is 0.416 e. The van der Waals surface area contributed by atoms with Crippen LogP contribution in [0.1, 0.15) is 47.2 Å². The Bertz CT molecular complexity index is 1990. The Morgan fingerprint density at radius 3 is 2.55 bits per heavy atom. The molecule has 6 rings (SSSR count). The summed E-state index contributed by atoms with van der Waals surface area (Å²) < 4.78 is 41.3. The molecule has 0 radical (unpaired) electrons. The van der Waals surface area contributed by atoms with E-state index in [0.717, 1.165) is 18.2 Å². The summed E-state index contributed by atoms with van der Waals surface area (Å²) in [7, 11) is 0. The van der Waals surface area contributed by atoms with Crippen molar-refractivity contribution in [2.75, 3.05) is 23.3 Å². The number of fused-ring (bicyclic) bond motifs is 2. The number of anilines is 2. The molecule has 2 fully saturated rings. The average molecular weight is 736 g/mol. The Morgan fingerprint density at radius 1 is 1.15 bits per heavy atom. The molecule has 0 bridgehead atoms. The second-order valence-corrected chi connectivity index (χ2v) is 12.4. The van der Waals surface area contributed by atoms with E-state index in [1.165, 1.54) is 12.5 Å². The lowest BCUT2D eigenvalue weighted by atomic mass is 9.81. The second-order valence-electron chi connectivity index (χ2n) is 11.2. The van der Waals surface area contributed by atoms with Crippen LogP contribution in [-0.2, 0) is 23.9 Å². The van der Waals surface area contributed by atoms with Crippen LogP contribution in [0.2, 0.25) is 5.02 Å². The van der Waals surface area contributed by atoms with Crippen LogP contribution in [0.15, 0.2) is 40.1 Å². The van der Waals surface area contributed by atoms with Gasteiger partial charge in [-0.2, -0.15) is 13.2 Å². The molecule has 1 aliphatic carbocycles. The van der Waals surface area contributed by atoms with Crippen LogP contribution in [0.25, 0.3) is 11.2 Å². The molecule has 1 aliphatic heterocycles. The Labute approximate surface area is 278 Å². The summed E-state index contributed by atoms with van der Waals surface area (Å²) in [6.45, 7) is 3.57. The monoisotopic (exact) mass is 734 g/mol. The first kappa shape index (κ1) is 32.6. The number of aromatic nitrogens is 5. The highest BCUT2D eigenvalue weighted by Gasteiger charge is 2.47. The van der Waals surface area contributed by atoms with Gasteiger partial charge in [-0.05, 0) is 60.3 Å². The number of amides is 2. The summed E-state index contributed by atoms with van der Waals surface area (Å²) in [5, 5.41) is 12.7. The molecule has 246 valence electrons.